The molecule has 0 saturated heterocycles. The monoisotopic (exact) mass is 393 g/mol. The van der Waals surface area contributed by atoms with Crippen molar-refractivity contribution in [3.05, 3.63) is 70.1 Å². The fraction of sp³-hybridized carbons (Fsp3) is 0.364. The van der Waals surface area contributed by atoms with E-state index in [1.54, 1.807) is 0 Å². The highest BCUT2D eigenvalue weighted by Crippen LogP contribution is 2.44. The minimum Gasteiger partial charge on any atom is -0.481 e. The number of nitrogens with zero attached hydrogens (tertiary/aromatic N) is 3. The molecule has 2 aromatic carbocycles. The molecule has 7 nitrogen and oxygen atoms in total. The molecule has 0 fully saturated rings. The molecule has 0 amide bonds. The Morgan fingerprint density at radius 2 is 1.69 bits per heavy atom. The predicted molar refractivity (Wildman–Crippen MR) is 108 cm³/mol. The number of esters is 1. The smallest absolute Gasteiger partial charge is 0.307 e. The summed E-state index contributed by atoms with van der Waals surface area (Å²) in [6.45, 7) is 0.518. The maximum absolute atomic E-state index is 12.3. The molecule has 0 spiro atoms. The number of ether oxygens (including phenoxy) is 1. The number of unbranched alkanes of at least 4 members (excludes halogenated alkanes) is 1. The zero-order valence-electron chi connectivity index (χ0n) is 16.0. The van der Waals surface area contributed by atoms with Crippen LogP contribution in [0.15, 0.2) is 53.6 Å². The van der Waals surface area contributed by atoms with Gasteiger partial charge in [0.05, 0.1) is 12.3 Å². The minimum atomic E-state index is -1.01. The molecule has 150 valence electrons. The Morgan fingerprint density at radius 3 is 2.28 bits per heavy atom. The standard InChI is InChI=1S/C22H23N3O4/c23-25-24-12-6-5-7-15(22(27)28)13-21(26)29-14-20-18-10-3-1-8-16(18)17-9-2-4-11-19(17)20/h1-4,8-11,15,20H,5-7,12-14H2,(H,27,28)/t15-/m0/s1. The second kappa shape index (κ2) is 9.75. The first-order valence-electron chi connectivity index (χ1n) is 9.69. The predicted octanol–water partition coefficient (Wildman–Crippen LogP) is 4.91. The fourth-order valence-corrected chi connectivity index (χ4v) is 3.81. The number of carboxylic acid groups (broad SMARTS) is 1. The van der Waals surface area contributed by atoms with E-state index in [1.165, 1.54) is 0 Å². The lowest BCUT2D eigenvalue weighted by Crippen LogP contribution is -2.21. The summed E-state index contributed by atoms with van der Waals surface area (Å²) in [7, 11) is 0. The van der Waals surface area contributed by atoms with E-state index in [0.29, 0.717) is 25.8 Å². The Balaban J connectivity index is 1.58. The van der Waals surface area contributed by atoms with E-state index in [0.717, 1.165) is 22.3 Å². The summed E-state index contributed by atoms with van der Waals surface area (Å²) in [6, 6.07) is 16.1. The normalized spacial score (nSPS) is 13.1. The molecule has 1 atom stereocenters. The average Bonchev–Trinajstić information content (AvgIpc) is 3.05. The number of hydrogen-bond donors (Lipinski definition) is 1. The Hall–Kier alpha value is -3.31. The quantitative estimate of drug-likeness (QED) is 0.203. The van der Waals surface area contributed by atoms with Crippen LogP contribution in [0.4, 0.5) is 0 Å². The molecule has 1 aliphatic rings. The number of carbonyl (C=O) groups is 2. The van der Waals surface area contributed by atoms with E-state index < -0.39 is 17.9 Å². The van der Waals surface area contributed by atoms with Crippen LogP contribution >= 0.6 is 0 Å². The Kier molecular flexibility index (Phi) is 6.87. The number of hydrogen-bond acceptors (Lipinski definition) is 4. The van der Waals surface area contributed by atoms with Crippen LogP contribution in [0.2, 0.25) is 0 Å². The van der Waals surface area contributed by atoms with Crippen molar-refractivity contribution in [1.82, 2.24) is 0 Å². The third kappa shape index (κ3) is 4.95. The van der Waals surface area contributed by atoms with Crippen LogP contribution in [0.3, 0.4) is 0 Å². The molecular weight excluding hydrogens is 370 g/mol. The van der Waals surface area contributed by atoms with Gasteiger partial charge in [-0.3, -0.25) is 9.59 Å². The van der Waals surface area contributed by atoms with Gasteiger partial charge in [-0.15, -0.1) is 0 Å². The fourth-order valence-electron chi connectivity index (χ4n) is 3.81. The van der Waals surface area contributed by atoms with Gasteiger partial charge < -0.3 is 9.84 Å². The van der Waals surface area contributed by atoms with Gasteiger partial charge in [0.2, 0.25) is 0 Å². The van der Waals surface area contributed by atoms with Crippen LogP contribution in [0.5, 0.6) is 0 Å². The Morgan fingerprint density at radius 1 is 1.07 bits per heavy atom. The molecule has 2 aromatic rings. The highest BCUT2D eigenvalue weighted by atomic mass is 16.5. The van der Waals surface area contributed by atoms with E-state index >= 15 is 0 Å². The third-order valence-electron chi connectivity index (χ3n) is 5.26. The van der Waals surface area contributed by atoms with Crippen LogP contribution in [0.1, 0.15) is 42.7 Å². The average molecular weight is 393 g/mol. The van der Waals surface area contributed by atoms with E-state index in [4.69, 9.17) is 10.3 Å². The first-order chi connectivity index (χ1) is 14.1. The van der Waals surface area contributed by atoms with E-state index in [9.17, 15) is 14.7 Å². The van der Waals surface area contributed by atoms with Gasteiger partial charge in [-0.1, -0.05) is 60.1 Å². The van der Waals surface area contributed by atoms with Gasteiger partial charge in [0, 0.05) is 17.4 Å². The Labute approximate surface area is 168 Å². The highest BCUT2D eigenvalue weighted by molar-refractivity contribution is 5.80. The van der Waals surface area contributed by atoms with Crippen molar-refractivity contribution in [2.75, 3.05) is 13.2 Å². The second-order valence-corrected chi connectivity index (χ2v) is 7.10. The summed E-state index contributed by atoms with van der Waals surface area (Å²) in [5, 5.41) is 12.8. The number of fused-ring (bicyclic) bond motifs is 3. The van der Waals surface area contributed by atoms with E-state index in [-0.39, 0.29) is 18.9 Å². The molecule has 0 aliphatic heterocycles. The van der Waals surface area contributed by atoms with Crippen LogP contribution in [-0.4, -0.2) is 30.2 Å². The van der Waals surface area contributed by atoms with Gasteiger partial charge in [-0.25, -0.2) is 0 Å². The van der Waals surface area contributed by atoms with Crippen molar-refractivity contribution in [2.45, 2.75) is 31.6 Å². The molecule has 1 N–H and O–H groups in total. The van der Waals surface area contributed by atoms with Crippen molar-refractivity contribution in [1.29, 1.82) is 0 Å². The zero-order chi connectivity index (χ0) is 20.6. The summed E-state index contributed by atoms with van der Waals surface area (Å²) >= 11 is 0. The molecule has 0 unspecified atom stereocenters. The second-order valence-electron chi connectivity index (χ2n) is 7.10. The molecule has 0 heterocycles. The summed E-state index contributed by atoms with van der Waals surface area (Å²) in [6.07, 6.45) is 1.36. The summed E-state index contributed by atoms with van der Waals surface area (Å²) in [5.41, 5.74) is 12.8. The maximum Gasteiger partial charge on any atom is 0.307 e. The lowest BCUT2D eigenvalue weighted by atomic mass is 9.97. The van der Waals surface area contributed by atoms with Crippen molar-refractivity contribution >= 4 is 11.9 Å². The molecule has 3 rings (SSSR count). The maximum atomic E-state index is 12.3. The molecule has 0 bridgehead atoms. The van der Waals surface area contributed by atoms with Gasteiger partial charge in [0.1, 0.15) is 6.61 Å². The third-order valence-corrected chi connectivity index (χ3v) is 5.26. The summed E-state index contributed by atoms with van der Waals surface area (Å²) < 4.78 is 5.50. The van der Waals surface area contributed by atoms with Crippen molar-refractivity contribution < 1.29 is 19.4 Å². The van der Waals surface area contributed by atoms with Gasteiger partial charge in [-0.05, 0) is 40.6 Å². The number of aliphatic carboxylic acids is 1. The number of carbonyl (C=O) groups excluding carboxylic acids is 1. The zero-order valence-corrected chi connectivity index (χ0v) is 16.0. The van der Waals surface area contributed by atoms with E-state index in [2.05, 4.69) is 22.2 Å². The molecule has 0 saturated carbocycles. The van der Waals surface area contributed by atoms with Crippen molar-refractivity contribution in [2.24, 2.45) is 11.0 Å². The van der Waals surface area contributed by atoms with Gasteiger partial charge in [0.25, 0.3) is 0 Å². The Bertz CT molecular complexity index is 892. The highest BCUT2D eigenvalue weighted by Gasteiger charge is 2.29. The SMILES string of the molecule is [N-]=[N+]=NCCCC[C@@H](CC(=O)OCC1c2ccccc2-c2ccccc21)C(=O)O. The largest absolute Gasteiger partial charge is 0.481 e. The lowest BCUT2D eigenvalue weighted by Gasteiger charge is -2.16. The van der Waals surface area contributed by atoms with Crippen LogP contribution < -0.4 is 0 Å². The van der Waals surface area contributed by atoms with Gasteiger partial charge in [0.15, 0.2) is 0 Å². The molecule has 1 aliphatic carbocycles. The lowest BCUT2D eigenvalue weighted by molar-refractivity contribution is -0.152. The molecular formula is C22H23N3O4. The summed E-state index contributed by atoms with van der Waals surface area (Å²) in [5.74, 6) is -2.35. The number of rotatable bonds is 10. The molecule has 29 heavy (non-hydrogen) atoms. The van der Waals surface area contributed by atoms with E-state index in [1.807, 2.05) is 36.4 Å². The molecule has 0 aromatic heterocycles. The van der Waals surface area contributed by atoms with Crippen molar-refractivity contribution in [3.63, 3.8) is 0 Å². The minimum absolute atomic E-state index is 0.0431. The number of carboxylic acids is 1. The van der Waals surface area contributed by atoms with Gasteiger partial charge >= 0.3 is 11.9 Å². The molecule has 7 heteroatoms. The first kappa shape index (κ1) is 20.4. The summed E-state index contributed by atoms with van der Waals surface area (Å²) in [4.78, 5) is 26.4. The van der Waals surface area contributed by atoms with Gasteiger partial charge in [-0.2, -0.15) is 0 Å². The van der Waals surface area contributed by atoms with Crippen LogP contribution in [0.25, 0.3) is 21.6 Å². The topological polar surface area (TPSA) is 112 Å². The first-order valence-corrected chi connectivity index (χ1v) is 9.69. The van der Waals surface area contributed by atoms with Crippen LogP contribution in [0, 0.1) is 5.92 Å². The van der Waals surface area contributed by atoms with Crippen LogP contribution in [-0.2, 0) is 14.3 Å². The number of azide groups is 1. The number of benzene rings is 2. The molecule has 0 radical (unpaired) electrons. The van der Waals surface area contributed by atoms with Crippen molar-refractivity contribution in [3.8, 4) is 11.1 Å².